The molecular formula is C19H18O2. The highest BCUT2D eigenvalue weighted by molar-refractivity contribution is 6.01. The van der Waals surface area contributed by atoms with E-state index in [0.717, 1.165) is 29.5 Å². The van der Waals surface area contributed by atoms with Gasteiger partial charge in [0.2, 0.25) is 0 Å². The summed E-state index contributed by atoms with van der Waals surface area (Å²) in [6.07, 6.45) is 1.87. The molecule has 0 bridgehead atoms. The summed E-state index contributed by atoms with van der Waals surface area (Å²) in [4.78, 5) is 11.6. The number of allylic oxidation sites excluding steroid dienone is 1. The van der Waals surface area contributed by atoms with Crippen molar-refractivity contribution in [1.82, 2.24) is 0 Å². The van der Waals surface area contributed by atoms with E-state index in [0.29, 0.717) is 0 Å². The molecule has 1 aliphatic rings. The lowest BCUT2D eigenvalue weighted by atomic mass is 9.78. The van der Waals surface area contributed by atoms with Crippen LogP contribution in [0.15, 0.2) is 54.6 Å². The second kappa shape index (κ2) is 5.57. The van der Waals surface area contributed by atoms with Gasteiger partial charge in [-0.2, -0.15) is 0 Å². The van der Waals surface area contributed by atoms with Gasteiger partial charge in [-0.15, -0.1) is 0 Å². The van der Waals surface area contributed by atoms with Crippen LogP contribution in [0.2, 0.25) is 0 Å². The average molecular weight is 278 g/mol. The maximum Gasteiger partial charge on any atom is 0.310 e. The highest BCUT2D eigenvalue weighted by Crippen LogP contribution is 2.40. The molecule has 0 heterocycles. The summed E-state index contributed by atoms with van der Waals surface area (Å²) in [5, 5.41) is 9.49. The number of carbonyl (C=O) groups is 1. The Morgan fingerprint density at radius 3 is 2.38 bits per heavy atom. The summed E-state index contributed by atoms with van der Waals surface area (Å²) in [7, 11) is 0. The van der Waals surface area contributed by atoms with E-state index in [1.54, 1.807) is 6.92 Å². The van der Waals surface area contributed by atoms with Crippen LogP contribution in [0.4, 0.5) is 0 Å². The van der Waals surface area contributed by atoms with Gasteiger partial charge in [-0.1, -0.05) is 54.6 Å². The van der Waals surface area contributed by atoms with E-state index >= 15 is 0 Å². The topological polar surface area (TPSA) is 37.3 Å². The fraction of sp³-hybridized carbons (Fsp3) is 0.211. The lowest BCUT2D eigenvalue weighted by Crippen LogP contribution is -2.17. The molecule has 106 valence electrons. The van der Waals surface area contributed by atoms with Crippen LogP contribution in [0, 0.1) is 5.92 Å². The molecule has 0 saturated heterocycles. The van der Waals surface area contributed by atoms with Crippen molar-refractivity contribution in [3.63, 3.8) is 0 Å². The molecule has 3 rings (SSSR count). The molecule has 0 fully saturated rings. The fourth-order valence-corrected chi connectivity index (χ4v) is 3.12. The summed E-state index contributed by atoms with van der Waals surface area (Å²) in [5.74, 6) is -1.27. The molecule has 0 amide bonds. The molecule has 1 N–H and O–H groups in total. The minimum Gasteiger partial charge on any atom is -0.481 e. The molecule has 2 nitrogen and oxygen atoms in total. The molecule has 0 saturated carbocycles. The zero-order valence-electron chi connectivity index (χ0n) is 12.0. The molecule has 0 radical (unpaired) electrons. The van der Waals surface area contributed by atoms with Crippen LogP contribution in [-0.2, 0) is 11.2 Å². The first-order chi connectivity index (χ1) is 10.2. The zero-order chi connectivity index (χ0) is 14.8. The van der Waals surface area contributed by atoms with E-state index in [9.17, 15) is 9.90 Å². The first-order valence-corrected chi connectivity index (χ1v) is 7.28. The van der Waals surface area contributed by atoms with Crippen molar-refractivity contribution >= 4 is 17.1 Å². The Hall–Kier alpha value is -2.35. The van der Waals surface area contributed by atoms with Crippen molar-refractivity contribution in [2.45, 2.75) is 19.8 Å². The lowest BCUT2D eigenvalue weighted by molar-refractivity contribution is -0.139. The van der Waals surface area contributed by atoms with Gasteiger partial charge in [-0.25, -0.2) is 0 Å². The zero-order valence-corrected chi connectivity index (χ0v) is 12.0. The minimum absolute atomic E-state index is 0.498. The Morgan fingerprint density at radius 1 is 1.00 bits per heavy atom. The highest BCUT2D eigenvalue weighted by atomic mass is 16.4. The number of aliphatic carboxylic acids is 1. The van der Waals surface area contributed by atoms with Gasteiger partial charge in [0, 0.05) is 0 Å². The van der Waals surface area contributed by atoms with Crippen molar-refractivity contribution in [2.75, 3.05) is 0 Å². The van der Waals surface area contributed by atoms with E-state index < -0.39 is 11.9 Å². The Balaban J connectivity index is 2.23. The Kier molecular flexibility index (Phi) is 3.61. The molecule has 2 aromatic carbocycles. The van der Waals surface area contributed by atoms with Crippen molar-refractivity contribution in [3.8, 4) is 0 Å². The molecular weight excluding hydrogens is 260 g/mol. The average Bonchev–Trinajstić information content (AvgIpc) is 2.53. The van der Waals surface area contributed by atoms with E-state index in [4.69, 9.17) is 0 Å². The third kappa shape index (κ3) is 2.49. The number of hydrogen-bond acceptors (Lipinski definition) is 1. The van der Waals surface area contributed by atoms with Crippen LogP contribution in [0.1, 0.15) is 30.0 Å². The van der Waals surface area contributed by atoms with Gasteiger partial charge in [0.25, 0.3) is 0 Å². The van der Waals surface area contributed by atoms with Crippen molar-refractivity contribution in [2.24, 2.45) is 5.92 Å². The monoisotopic (exact) mass is 278 g/mol. The van der Waals surface area contributed by atoms with Crippen molar-refractivity contribution in [1.29, 1.82) is 0 Å². The van der Waals surface area contributed by atoms with Crippen LogP contribution in [0.25, 0.3) is 11.1 Å². The molecule has 0 unspecified atom stereocenters. The molecule has 0 aliphatic heterocycles. The van der Waals surface area contributed by atoms with E-state index in [1.807, 2.05) is 36.4 Å². The minimum atomic E-state index is -0.768. The second-order valence-corrected chi connectivity index (χ2v) is 5.48. The van der Waals surface area contributed by atoms with Gasteiger partial charge in [-0.3, -0.25) is 4.79 Å². The maximum absolute atomic E-state index is 11.6. The second-order valence-electron chi connectivity index (χ2n) is 5.48. The van der Waals surface area contributed by atoms with Crippen LogP contribution >= 0.6 is 0 Å². The van der Waals surface area contributed by atoms with Crippen molar-refractivity contribution in [3.05, 3.63) is 71.3 Å². The smallest absolute Gasteiger partial charge is 0.310 e. The van der Waals surface area contributed by atoms with Crippen LogP contribution in [0.5, 0.6) is 0 Å². The molecule has 1 atom stereocenters. The van der Waals surface area contributed by atoms with Gasteiger partial charge in [0.05, 0.1) is 5.92 Å². The predicted octanol–water partition coefficient (Wildman–Crippen LogP) is 4.26. The quantitative estimate of drug-likeness (QED) is 0.910. The lowest BCUT2D eigenvalue weighted by Gasteiger charge is -2.26. The predicted molar refractivity (Wildman–Crippen MR) is 84.8 cm³/mol. The maximum atomic E-state index is 11.6. The Morgan fingerprint density at radius 2 is 1.67 bits per heavy atom. The van der Waals surface area contributed by atoms with Crippen LogP contribution < -0.4 is 0 Å². The molecule has 0 spiro atoms. The SMILES string of the molecule is C[C@@H](C(=O)O)C1=C(c2ccccc2)CCc2ccccc21. The van der Waals surface area contributed by atoms with Crippen LogP contribution in [-0.4, -0.2) is 11.1 Å². The fourth-order valence-electron chi connectivity index (χ4n) is 3.12. The Labute approximate surface area is 124 Å². The Bertz CT molecular complexity index is 699. The van der Waals surface area contributed by atoms with Gasteiger partial charge in [0.1, 0.15) is 0 Å². The standard InChI is InChI=1S/C19H18O2/c1-13(19(20)21)18-16-10-6-5-9-15(16)11-12-17(18)14-7-3-2-4-8-14/h2-10,13H,11-12H2,1H3,(H,20,21)/t13-/m1/s1. The molecule has 0 aromatic heterocycles. The summed E-state index contributed by atoms with van der Waals surface area (Å²) < 4.78 is 0. The number of rotatable bonds is 3. The third-order valence-corrected chi connectivity index (χ3v) is 4.20. The molecule has 2 heteroatoms. The highest BCUT2D eigenvalue weighted by Gasteiger charge is 2.27. The number of carboxylic acids is 1. The van der Waals surface area contributed by atoms with Gasteiger partial charge >= 0.3 is 5.97 Å². The van der Waals surface area contributed by atoms with Crippen LogP contribution in [0.3, 0.4) is 0 Å². The number of fused-ring (bicyclic) bond motifs is 1. The van der Waals surface area contributed by atoms with E-state index in [1.165, 1.54) is 11.1 Å². The number of aryl methyl sites for hydroxylation is 1. The van der Waals surface area contributed by atoms with Gasteiger partial charge in [-0.05, 0) is 47.6 Å². The molecule has 2 aromatic rings. The summed E-state index contributed by atoms with van der Waals surface area (Å²) in [5.41, 5.74) is 5.62. The van der Waals surface area contributed by atoms with Gasteiger partial charge < -0.3 is 5.11 Å². The first-order valence-electron chi connectivity index (χ1n) is 7.28. The number of carboxylic acid groups (broad SMARTS) is 1. The van der Waals surface area contributed by atoms with E-state index in [-0.39, 0.29) is 0 Å². The number of hydrogen-bond donors (Lipinski definition) is 1. The number of benzene rings is 2. The molecule has 21 heavy (non-hydrogen) atoms. The summed E-state index contributed by atoms with van der Waals surface area (Å²) in [6, 6.07) is 18.3. The molecule has 1 aliphatic carbocycles. The third-order valence-electron chi connectivity index (χ3n) is 4.20. The largest absolute Gasteiger partial charge is 0.481 e. The van der Waals surface area contributed by atoms with Gasteiger partial charge in [0.15, 0.2) is 0 Å². The normalized spacial score (nSPS) is 15.5. The first kappa shape index (κ1) is 13.6. The summed E-state index contributed by atoms with van der Waals surface area (Å²) in [6.45, 7) is 1.78. The van der Waals surface area contributed by atoms with Crippen molar-refractivity contribution < 1.29 is 9.90 Å². The summed E-state index contributed by atoms with van der Waals surface area (Å²) >= 11 is 0. The van der Waals surface area contributed by atoms with E-state index in [2.05, 4.69) is 18.2 Å².